The number of nitrogens with zero attached hydrogens (tertiary/aromatic N) is 1. The van der Waals surface area contributed by atoms with E-state index in [4.69, 9.17) is 5.73 Å². The van der Waals surface area contributed by atoms with Crippen molar-refractivity contribution in [2.45, 2.75) is 44.2 Å². The van der Waals surface area contributed by atoms with E-state index in [-0.39, 0.29) is 24.4 Å². The number of piperazine rings is 1. The van der Waals surface area contributed by atoms with Gasteiger partial charge in [-0.2, -0.15) is 0 Å². The van der Waals surface area contributed by atoms with E-state index < -0.39 is 0 Å². The number of hydrogen-bond donors (Lipinski definition) is 3. The zero-order valence-corrected chi connectivity index (χ0v) is 12.5. The first-order valence-electron chi connectivity index (χ1n) is 8.17. The van der Waals surface area contributed by atoms with Gasteiger partial charge in [-0.1, -0.05) is 6.42 Å². The fourth-order valence-electron chi connectivity index (χ4n) is 4.24. The highest BCUT2D eigenvalue weighted by molar-refractivity contribution is 5.86. The SMILES string of the molecule is NC1CC2CCCC(C1)C2NC(=O)CN1CCNCC1=O. The van der Waals surface area contributed by atoms with E-state index in [1.807, 2.05) is 0 Å². The van der Waals surface area contributed by atoms with Crippen LogP contribution in [0.4, 0.5) is 0 Å². The zero-order valence-electron chi connectivity index (χ0n) is 12.5. The first-order valence-corrected chi connectivity index (χ1v) is 8.17. The molecule has 21 heavy (non-hydrogen) atoms. The van der Waals surface area contributed by atoms with E-state index >= 15 is 0 Å². The summed E-state index contributed by atoms with van der Waals surface area (Å²) >= 11 is 0. The Kier molecular flexibility index (Phi) is 4.45. The van der Waals surface area contributed by atoms with Crippen LogP contribution in [0.1, 0.15) is 32.1 Å². The second-order valence-corrected chi connectivity index (χ2v) is 6.77. The molecule has 6 heteroatoms. The number of hydrogen-bond acceptors (Lipinski definition) is 4. The highest BCUT2D eigenvalue weighted by Gasteiger charge is 2.40. The third-order valence-electron chi connectivity index (χ3n) is 5.23. The van der Waals surface area contributed by atoms with Crippen LogP contribution >= 0.6 is 0 Å². The molecule has 1 heterocycles. The van der Waals surface area contributed by atoms with Gasteiger partial charge in [-0.25, -0.2) is 0 Å². The van der Waals surface area contributed by atoms with Crippen LogP contribution in [-0.4, -0.2) is 55.0 Å². The van der Waals surface area contributed by atoms with Crippen molar-refractivity contribution in [3.63, 3.8) is 0 Å². The third kappa shape index (κ3) is 3.37. The maximum absolute atomic E-state index is 12.3. The van der Waals surface area contributed by atoms with Gasteiger partial charge in [-0.05, 0) is 37.5 Å². The Labute approximate surface area is 125 Å². The molecule has 2 unspecified atom stereocenters. The summed E-state index contributed by atoms with van der Waals surface area (Å²) in [6.45, 7) is 1.93. The summed E-state index contributed by atoms with van der Waals surface area (Å²) < 4.78 is 0. The molecule has 1 aliphatic heterocycles. The lowest BCUT2D eigenvalue weighted by atomic mass is 9.67. The van der Waals surface area contributed by atoms with E-state index in [2.05, 4.69) is 10.6 Å². The molecule has 2 amide bonds. The van der Waals surface area contributed by atoms with Crippen LogP contribution in [0.15, 0.2) is 0 Å². The minimum absolute atomic E-state index is 0.0115. The maximum atomic E-state index is 12.3. The van der Waals surface area contributed by atoms with Crippen molar-refractivity contribution in [3.05, 3.63) is 0 Å². The first-order chi connectivity index (χ1) is 10.1. The molecule has 6 nitrogen and oxygen atoms in total. The second kappa shape index (κ2) is 6.32. The number of nitrogens with two attached hydrogens (primary N) is 1. The molecule has 2 atom stereocenters. The fourth-order valence-corrected chi connectivity index (χ4v) is 4.24. The minimum atomic E-state index is -0.0115. The fraction of sp³-hybridized carbons (Fsp3) is 0.867. The molecule has 0 radical (unpaired) electrons. The molecule has 3 aliphatic rings. The lowest BCUT2D eigenvalue weighted by Gasteiger charge is -2.45. The molecule has 0 aromatic carbocycles. The molecule has 0 spiro atoms. The standard InChI is InChI=1S/C15H26N4O2/c16-12-6-10-2-1-3-11(7-12)15(10)18-13(20)9-19-5-4-17-8-14(19)21/h10-12,15,17H,1-9,16H2,(H,18,20). The van der Waals surface area contributed by atoms with Gasteiger partial charge in [-0.3, -0.25) is 9.59 Å². The first kappa shape index (κ1) is 14.8. The van der Waals surface area contributed by atoms with Crippen molar-refractivity contribution in [3.8, 4) is 0 Å². The van der Waals surface area contributed by atoms with Crippen molar-refractivity contribution >= 4 is 11.8 Å². The summed E-state index contributed by atoms with van der Waals surface area (Å²) in [6.07, 6.45) is 5.64. The smallest absolute Gasteiger partial charge is 0.239 e. The molecule has 3 fully saturated rings. The highest BCUT2D eigenvalue weighted by atomic mass is 16.2. The Morgan fingerprint density at radius 2 is 2.05 bits per heavy atom. The molecule has 4 N–H and O–H groups in total. The van der Waals surface area contributed by atoms with E-state index in [0.717, 1.165) is 19.4 Å². The second-order valence-electron chi connectivity index (χ2n) is 6.77. The Morgan fingerprint density at radius 3 is 2.71 bits per heavy atom. The molecule has 2 bridgehead atoms. The molecular formula is C15H26N4O2. The maximum Gasteiger partial charge on any atom is 0.239 e. The van der Waals surface area contributed by atoms with E-state index in [0.29, 0.717) is 31.0 Å². The normalized spacial score (nSPS) is 36.4. The van der Waals surface area contributed by atoms with Gasteiger partial charge in [0.1, 0.15) is 0 Å². The van der Waals surface area contributed by atoms with Crippen molar-refractivity contribution in [1.82, 2.24) is 15.5 Å². The van der Waals surface area contributed by atoms with Crippen LogP contribution in [0.3, 0.4) is 0 Å². The van der Waals surface area contributed by atoms with E-state index in [9.17, 15) is 9.59 Å². The lowest BCUT2D eigenvalue weighted by Crippen LogP contribution is -2.57. The molecular weight excluding hydrogens is 268 g/mol. The number of carbonyl (C=O) groups excluding carboxylic acids is 2. The monoisotopic (exact) mass is 294 g/mol. The molecule has 1 saturated heterocycles. The Balaban J connectivity index is 1.55. The molecule has 118 valence electrons. The molecule has 0 aromatic rings. The average Bonchev–Trinajstić information content (AvgIpc) is 2.42. The van der Waals surface area contributed by atoms with Crippen molar-refractivity contribution in [1.29, 1.82) is 0 Å². The van der Waals surface area contributed by atoms with Gasteiger partial charge in [0.05, 0.1) is 13.1 Å². The number of amides is 2. The topological polar surface area (TPSA) is 87.5 Å². The van der Waals surface area contributed by atoms with Gasteiger partial charge in [0.2, 0.25) is 11.8 Å². The molecule has 0 aromatic heterocycles. The van der Waals surface area contributed by atoms with Crippen LogP contribution < -0.4 is 16.4 Å². The van der Waals surface area contributed by atoms with Crippen LogP contribution in [0.5, 0.6) is 0 Å². The molecule has 2 aliphatic carbocycles. The highest BCUT2D eigenvalue weighted by Crippen LogP contribution is 2.39. The summed E-state index contributed by atoms with van der Waals surface area (Å²) in [5, 5.41) is 6.22. The summed E-state index contributed by atoms with van der Waals surface area (Å²) in [4.78, 5) is 25.7. The third-order valence-corrected chi connectivity index (χ3v) is 5.23. The van der Waals surface area contributed by atoms with Crippen LogP contribution in [0.25, 0.3) is 0 Å². The Morgan fingerprint density at radius 1 is 1.33 bits per heavy atom. The minimum Gasteiger partial charge on any atom is -0.351 e. The van der Waals surface area contributed by atoms with Gasteiger partial charge in [0, 0.05) is 25.2 Å². The van der Waals surface area contributed by atoms with E-state index in [1.165, 1.54) is 19.3 Å². The van der Waals surface area contributed by atoms with Gasteiger partial charge in [0.25, 0.3) is 0 Å². The molecule has 3 rings (SSSR count). The number of nitrogens with one attached hydrogen (secondary N) is 2. The summed E-state index contributed by atoms with van der Waals surface area (Å²) in [5.74, 6) is 1.05. The predicted molar refractivity (Wildman–Crippen MR) is 79.4 cm³/mol. The number of rotatable bonds is 3. The summed E-state index contributed by atoms with van der Waals surface area (Å²) in [6, 6.07) is 0.562. The van der Waals surface area contributed by atoms with Crippen molar-refractivity contribution in [2.75, 3.05) is 26.2 Å². The summed E-state index contributed by atoms with van der Waals surface area (Å²) in [7, 11) is 0. The Hall–Kier alpha value is -1.14. The van der Waals surface area contributed by atoms with Gasteiger partial charge >= 0.3 is 0 Å². The quantitative estimate of drug-likeness (QED) is 0.651. The average molecular weight is 294 g/mol. The van der Waals surface area contributed by atoms with Crippen LogP contribution in [0, 0.1) is 11.8 Å². The van der Waals surface area contributed by atoms with Crippen molar-refractivity contribution in [2.24, 2.45) is 17.6 Å². The van der Waals surface area contributed by atoms with E-state index in [1.54, 1.807) is 4.90 Å². The van der Waals surface area contributed by atoms with Crippen LogP contribution in [-0.2, 0) is 9.59 Å². The number of carbonyl (C=O) groups is 2. The zero-order chi connectivity index (χ0) is 14.8. The van der Waals surface area contributed by atoms with Crippen LogP contribution in [0.2, 0.25) is 0 Å². The van der Waals surface area contributed by atoms with Gasteiger partial charge < -0.3 is 21.3 Å². The Bertz CT molecular complexity index is 400. The largest absolute Gasteiger partial charge is 0.351 e. The van der Waals surface area contributed by atoms with Gasteiger partial charge in [0.15, 0.2) is 0 Å². The molecule has 2 saturated carbocycles. The predicted octanol–water partition coefficient (Wildman–Crippen LogP) is -0.560. The van der Waals surface area contributed by atoms with Gasteiger partial charge in [-0.15, -0.1) is 0 Å². The van der Waals surface area contributed by atoms with Crippen molar-refractivity contribution < 1.29 is 9.59 Å². The lowest BCUT2D eigenvalue weighted by molar-refractivity contribution is -0.137. The number of fused-ring (bicyclic) bond motifs is 2. The summed E-state index contributed by atoms with van der Waals surface area (Å²) in [5.41, 5.74) is 6.11.